The zero-order chi connectivity index (χ0) is 15.5. The van der Waals surface area contributed by atoms with E-state index < -0.39 is 0 Å². The van der Waals surface area contributed by atoms with Crippen molar-refractivity contribution in [1.82, 2.24) is 10.2 Å². The third kappa shape index (κ3) is 2.54. The Labute approximate surface area is 131 Å². The monoisotopic (exact) mass is 298 g/mol. The van der Waals surface area contributed by atoms with Gasteiger partial charge in [-0.1, -0.05) is 31.2 Å². The Hall–Kier alpha value is -2.10. The standard InChI is InChI=1S/C18H22N2O2/c1-2-10-19-15-16(20-11-6-3-7-12-20)18(22)14-9-5-4-8-13(14)17(15)21/h4-5,8-9,19H,2-3,6-7,10-12H2,1H3. The summed E-state index contributed by atoms with van der Waals surface area (Å²) in [6.07, 6.45) is 4.27. The summed E-state index contributed by atoms with van der Waals surface area (Å²) in [4.78, 5) is 27.9. The largest absolute Gasteiger partial charge is 0.380 e. The SMILES string of the molecule is CCCNC1=C(N2CCCCC2)C(=O)c2ccccc2C1=O. The summed E-state index contributed by atoms with van der Waals surface area (Å²) >= 11 is 0. The first-order valence-electron chi connectivity index (χ1n) is 8.15. The van der Waals surface area contributed by atoms with Gasteiger partial charge in [0, 0.05) is 30.8 Å². The number of hydrogen-bond donors (Lipinski definition) is 1. The molecule has 1 N–H and O–H groups in total. The number of piperidine rings is 1. The van der Waals surface area contributed by atoms with Crippen molar-refractivity contribution in [3.8, 4) is 0 Å². The van der Waals surface area contributed by atoms with Gasteiger partial charge in [0.15, 0.2) is 0 Å². The Bertz CT molecular complexity index is 628. The molecule has 1 aromatic rings. The molecule has 0 spiro atoms. The molecule has 0 aromatic heterocycles. The lowest BCUT2D eigenvalue weighted by Crippen LogP contribution is -2.40. The normalized spacial score (nSPS) is 18.5. The third-order valence-electron chi connectivity index (χ3n) is 4.32. The van der Waals surface area contributed by atoms with Gasteiger partial charge in [0.2, 0.25) is 11.6 Å². The van der Waals surface area contributed by atoms with E-state index in [0.717, 1.165) is 32.4 Å². The number of hydrogen-bond acceptors (Lipinski definition) is 4. The van der Waals surface area contributed by atoms with Gasteiger partial charge in [-0.3, -0.25) is 9.59 Å². The van der Waals surface area contributed by atoms with Crippen molar-refractivity contribution in [2.75, 3.05) is 19.6 Å². The molecule has 1 heterocycles. The van der Waals surface area contributed by atoms with E-state index in [1.54, 1.807) is 12.1 Å². The fourth-order valence-corrected chi connectivity index (χ4v) is 3.20. The first-order chi connectivity index (χ1) is 10.7. The van der Waals surface area contributed by atoms with E-state index in [4.69, 9.17) is 0 Å². The summed E-state index contributed by atoms with van der Waals surface area (Å²) in [6, 6.07) is 7.14. The zero-order valence-corrected chi connectivity index (χ0v) is 13.0. The summed E-state index contributed by atoms with van der Waals surface area (Å²) in [5, 5.41) is 3.21. The number of fused-ring (bicyclic) bond motifs is 1. The molecule has 116 valence electrons. The quantitative estimate of drug-likeness (QED) is 0.928. The van der Waals surface area contributed by atoms with Crippen molar-refractivity contribution in [2.24, 2.45) is 0 Å². The number of ketones is 2. The van der Waals surface area contributed by atoms with E-state index in [0.29, 0.717) is 29.1 Å². The summed E-state index contributed by atoms with van der Waals surface area (Å²) in [5.41, 5.74) is 2.13. The Morgan fingerprint density at radius 3 is 2.27 bits per heavy atom. The number of benzene rings is 1. The van der Waals surface area contributed by atoms with Gasteiger partial charge in [0.05, 0.1) is 0 Å². The lowest BCUT2D eigenvalue weighted by Gasteiger charge is -2.34. The topological polar surface area (TPSA) is 49.4 Å². The van der Waals surface area contributed by atoms with Crippen molar-refractivity contribution in [3.05, 3.63) is 46.8 Å². The first-order valence-corrected chi connectivity index (χ1v) is 8.15. The number of nitrogens with one attached hydrogen (secondary N) is 1. The van der Waals surface area contributed by atoms with Crippen LogP contribution in [0.3, 0.4) is 0 Å². The molecule has 2 aliphatic rings. The highest BCUT2D eigenvalue weighted by molar-refractivity contribution is 6.26. The first kappa shape index (κ1) is 14.8. The predicted octanol–water partition coefficient (Wildman–Crippen LogP) is 2.76. The molecule has 0 atom stereocenters. The molecule has 0 amide bonds. The minimum absolute atomic E-state index is 0.0179. The van der Waals surface area contributed by atoms with Gasteiger partial charge in [-0.05, 0) is 25.7 Å². The minimum Gasteiger partial charge on any atom is -0.380 e. The van der Waals surface area contributed by atoms with Gasteiger partial charge in [0.1, 0.15) is 11.4 Å². The van der Waals surface area contributed by atoms with E-state index in [1.165, 1.54) is 6.42 Å². The maximum absolute atomic E-state index is 12.9. The van der Waals surface area contributed by atoms with Crippen LogP contribution in [0.4, 0.5) is 0 Å². The molecule has 1 saturated heterocycles. The summed E-state index contributed by atoms with van der Waals surface area (Å²) < 4.78 is 0. The van der Waals surface area contributed by atoms with Crippen LogP contribution in [0.5, 0.6) is 0 Å². The van der Waals surface area contributed by atoms with Gasteiger partial charge in [0.25, 0.3) is 0 Å². The van der Waals surface area contributed by atoms with Gasteiger partial charge >= 0.3 is 0 Å². The van der Waals surface area contributed by atoms with Crippen LogP contribution >= 0.6 is 0 Å². The molecule has 1 fully saturated rings. The van der Waals surface area contributed by atoms with Crippen LogP contribution in [0, 0.1) is 0 Å². The Kier molecular flexibility index (Phi) is 4.27. The van der Waals surface area contributed by atoms with Crippen molar-refractivity contribution >= 4 is 11.6 Å². The maximum Gasteiger partial charge on any atom is 0.212 e. The second kappa shape index (κ2) is 6.34. The number of nitrogens with zero attached hydrogens (tertiary/aromatic N) is 1. The smallest absolute Gasteiger partial charge is 0.212 e. The summed E-state index contributed by atoms with van der Waals surface area (Å²) in [6.45, 7) is 4.46. The van der Waals surface area contributed by atoms with E-state index in [2.05, 4.69) is 17.1 Å². The van der Waals surface area contributed by atoms with Crippen LogP contribution in [0.25, 0.3) is 0 Å². The van der Waals surface area contributed by atoms with Crippen molar-refractivity contribution < 1.29 is 9.59 Å². The number of Topliss-reactive ketones (excluding diaryl/α,β-unsaturated/α-hetero) is 2. The van der Waals surface area contributed by atoms with Crippen LogP contribution in [-0.2, 0) is 0 Å². The van der Waals surface area contributed by atoms with Crippen molar-refractivity contribution in [2.45, 2.75) is 32.6 Å². The molecular formula is C18H22N2O2. The number of rotatable bonds is 4. The average molecular weight is 298 g/mol. The van der Waals surface area contributed by atoms with Crippen LogP contribution in [-0.4, -0.2) is 36.1 Å². The Balaban J connectivity index is 2.06. The van der Waals surface area contributed by atoms with E-state index in [-0.39, 0.29) is 11.6 Å². The lowest BCUT2D eigenvalue weighted by molar-refractivity contribution is 0.0927. The van der Waals surface area contributed by atoms with E-state index in [1.807, 2.05) is 12.1 Å². The number of carbonyl (C=O) groups excluding carboxylic acids is 2. The molecule has 0 unspecified atom stereocenters. The fraction of sp³-hybridized carbons (Fsp3) is 0.444. The molecule has 0 radical (unpaired) electrons. The van der Waals surface area contributed by atoms with Crippen LogP contribution < -0.4 is 5.32 Å². The summed E-state index contributed by atoms with van der Waals surface area (Å²) in [5.74, 6) is -0.0695. The van der Waals surface area contributed by atoms with Gasteiger partial charge < -0.3 is 10.2 Å². The van der Waals surface area contributed by atoms with Crippen LogP contribution in [0.2, 0.25) is 0 Å². The third-order valence-corrected chi connectivity index (χ3v) is 4.32. The van der Waals surface area contributed by atoms with Gasteiger partial charge in [-0.25, -0.2) is 0 Å². The maximum atomic E-state index is 12.9. The zero-order valence-electron chi connectivity index (χ0n) is 13.0. The van der Waals surface area contributed by atoms with Crippen molar-refractivity contribution in [1.29, 1.82) is 0 Å². The molecule has 0 bridgehead atoms. The number of allylic oxidation sites excluding steroid dienone is 2. The molecule has 4 nitrogen and oxygen atoms in total. The molecule has 1 aliphatic carbocycles. The van der Waals surface area contributed by atoms with E-state index >= 15 is 0 Å². The lowest BCUT2D eigenvalue weighted by atomic mass is 9.89. The Morgan fingerprint density at radius 1 is 1.00 bits per heavy atom. The fourth-order valence-electron chi connectivity index (χ4n) is 3.20. The molecule has 3 rings (SSSR count). The number of likely N-dealkylation sites (tertiary alicyclic amines) is 1. The highest BCUT2D eigenvalue weighted by Gasteiger charge is 2.35. The molecule has 22 heavy (non-hydrogen) atoms. The van der Waals surface area contributed by atoms with E-state index in [9.17, 15) is 9.59 Å². The Morgan fingerprint density at radius 2 is 1.64 bits per heavy atom. The van der Waals surface area contributed by atoms with Gasteiger partial charge in [-0.2, -0.15) is 0 Å². The predicted molar refractivity (Wildman–Crippen MR) is 85.8 cm³/mol. The second-order valence-corrected chi connectivity index (χ2v) is 5.90. The highest BCUT2D eigenvalue weighted by Crippen LogP contribution is 2.29. The molecular weight excluding hydrogens is 276 g/mol. The van der Waals surface area contributed by atoms with Crippen LogP contribution in [0.15, 0.2) is 35.7 Å². The summed E-state index contributed by atoms with van der Waals surface area (Å²) in [7, 11) is 0. The highest BCUT2D eigenvalue weighted by atomic mass is 16.1. The number of carbonyl (C=O) groups is 2. The molecule has 1 aliphatic heterocycles. The van der Waals surface area contributed by atoms with Gasteiger partial charge in [-0.15, -0.1) is 0 Å². The average Bonchev–Trinajstić information content (AvgIpc) is 2.57. The molecule has 1 aromatic carbocycles. The minimum atomic E-state index is -0.0516. The van der Waals surface area contributed by atoms with Crippen molar-refractivity contribution in [3.63, 3.8) is 0 Å². The molecule has 0 saturated carbocycles. The second-order valence-electron chi connectivity index (χ2n) is 5.90. The van der Waals surface area contributed by atoms with Crippen LogP contribution in [0.1, 0.15) is 53.3 Å². The molecule has 4 heteroatoms.